The van der Waals surface area contributed by atoms with Gasteiger partial charge in [-0.3, -0.25) is 9.78 Å². The standard InChI is InChI=1S/C18H17N5OS/c1-11-8-12(2)22-17(21-11)14(9-19)18(24)23-13-5-6-15(20-10-13)16-4-3-7-25-16/h3-10H,19H2,1-2H3,(H,23,24). The number of thiophene rings is 1. The predicted molar refractivity (Wildman–Crippen MR) is 99.9 cm³/mol. The highest BCUT2D eigenvalue weighted by Crippen LogP contribution is 2.23. The number of pyridine rings is 1. The largest absolute Gasteiger partial charge is 0.404 e. The van der Waals surface area contributed by atoms with E-state index < -0.39 is 0 Å². The topological polar surface area (TPSA) is 93.8 Å². The summed E-state index contributed by atoms with van der Waals surface area (Å²) in [6, 6.07) is 9.47. The minimum atomic E-state index is -0.377. The second kappa shape index (κ2) is 7.23. The molecule has 126 valence electrons. The van der Waals surface area contributed by atoms with Crippen LogP contribution in [0.5, 0.6) is 0 Å². The minimum Gasteiger partial charge on any atom is -0.404 e. The fourth-order valence-corrected chi connectivity index (χ4v) is 3.04. The number of carbonyl (C=O) groups is 1. The van der Waals surface area contributed by atoms with Gasteiger partial charge >= 0.3 is 0 Å². The molecule has 0 bridgehead atoms. The third kappa shape index (κ3) is 3.89. The minimum absolute atomic E-state index is 0.217. The van der Waals surface area contributed by atoms with Crippen LogP contribution in [-0.4, -0.2) is 20.9 Å². The molecule has 3 aromatic rings. The third-order valence-corrected chi connectivity index (χ3v) is 4.32. The van der Waals surface area contributed by atoms with Crippen LogP contribution < -0.4 is 11.1 Å². The summed E-state index contributed by atoms with van der Waals surface area (Å²) in [6.07, 6.45) is 2.83. The smallest absolute Gasteiger partial charge is 0.261 e. The molecule has 3 aromatic heterocycles. The maximum absolute atomic E-state index is 12.5. The molecule has 3 N–H and O–H groups in total. The maximum atomic E-state index is 12.5. The Balaban J connectivity index is 1.78. The normalized spacial score (nSPS) is 11.4. The van der Waals surface area contributed by atoms with Gasteiger partial charge in [-0.2, -0.15) is 0 Å². The van der Waals surface area contributed by atoms with E-state index in [0.717, 1.165) is 22.0 Å². The quantitative estimate of drug-likeness (QED) is 0.704. The van der Waals surface area contributed by atoms with Gasteiger partial charge in [-0.1, -0.05) is 6.07 Å². The monoisotopic (exact) mass is 351 g/mol. The third-order valence-electron chi connectivity index (χ3n) is 3.43. The summed E-state index contributed by atoms with van der Waals surface area (Å²) >= 11 is 1.61. The molecule has 0 saturated carbocycles. The van der Waals surface area contributed by atoms with Crippen molar-refractivity contribution in [3.8, 4) is 10.6 Å². The Morgan fingerprint density at radius 2 is 1.96 bits per heavy atom. The fraction of sp³-hybridized carbons (Fsp3) is 0.111. The highest BCUT2D eigenvalue weighted by atomic mass is 32.1. The van der Waals surface area contributed by atoms with E-state index in [1.807, 2.05) is 43.5 Å². The van der Waals surface area contributed by atoms with Crippen LogP contribution in [0.15, 0.2) is 48.1 Å². The van der Waals surface area contributed by atoms with E-state index in [4.69, 9.17) is 5.73 Å². The number of aromatic nitrogens is 3. The number of carbonyl (C=O) groups excluding carboxylic acids is 1. The highest BCUT2D eigenvalue weighted by molar-refractivity contribution is 7.13. The Bertz CT molecular complexity index is 897. The van der Waals surface area contributed by atoms with Crippen LogP contribution in [0.4, 0.5) is 5.69 Å². The van der Waals surface area contributed by atoms with Gasteiger partial charge in [0, 0.05) is 17.6 Å². The molecule has 0 aromatic carbocycles. The zero-order chi connectivity index (χ0) is 17.8. The van der Waals surface area contributed by atoms with E-state index in [1.165, 1.54) is 6.20 Å². The van der Waals surface area contributed by atoms with E-state index in [9.17, 15) is 4.79 Å². The van der Waals surface area contributed by atoms with Crippen molar-refractivity contribution in [2.75, 3.05) is 5.32 Å². The summed E-state index contributed by atoms with van der Waals surface area (Å²) < 4.78 is 0. The van der Waals surface area contributed by atoms with Crippen LogP contribution in [-0.2, 0) is 4.79 Å². The molecule has 0 radical (unpaired) electrons. The second-order valence-corrected chi connectivity index (χ2v) is 6.37. The molecule has 1 amide bonds. The molecule has 0 spiro atoms. The molecule has 0 unspecified atom stereocenters. The number of nitrogens with zero attached hydrogens (tertiary/aromatic N) is 3. The molecule has 0 atom stereocenters. The number of amides is 1. The van der Waals surface area contributed by atoms with E-state index >= 15 is 0 Å². The lowest BCUT2D eigenvalue weighted by atomic mass is 10.2. The van der Waals surface area contributed by atoms with Crippen molar-refractivity contribution in [1.29, 1.82) is 0 Å². The number of nitrogens with one attached hydrogen (secondary N) is 1. The molecule has 25 heavy (non-hydrogen) atoms. The molecule has 3 rings (SSSR count). The van der Waals surface area contributed by atoms with E-state index in [0.29, 0.717) is 11.5 Å². The molecule has 7 heteroatoms. The Labute approximate surface area is 149 Å². The van der Waals surface area contributed by atoms with Crippen LogP contribution in [0.1, 0.15) is 17.2 Å². The number of hydrogen-bond donors (Lipinski definition) is 2. The van der Waals surface area contributed by atoms with Crippen LogP contribution in [0.3, 0.4) is 0 Å². The first kappa shape index (κ1) is 16.8. The first-order valence-electron chi connectivity index (χ1n) is 7.62. The van der Waals surface area contributed by atoms with Gasteiger partial charge in [0.15, 0.2) is 5.82 Å². The van der Waals surface area contributed by atoms with Crippen molar-refractivity contribution in [3.05, 3.63) is 65.3 Å². The summed E-state index contributed by atoms with van der Waals surface area (Å²) in [6.45, 7) is 3.69. The molecule has 6 nitrogen and oxygen atoms in total. The van der Waals surface area contributed by atoms with Crippen LogP contribution in [0.25, 0.3) is 16.1 Å². The average molecular weight is 351 g/mol. The van der Waals surface area contributed by atoms with Crippen molar-refractivity contribution in [3.63, 3.8) is 0 Å². The summed E-state index contributed by atoms with van der Waals surface area (Å²) in [7, 11) is 0. The second-order valence-electron chi connectivity index (χ2n) is 5.42. The molecule has 0 aliphatic rings. The Morgan fingerprint density at radius 1 is 1.20 bits per heavy atom. The maximum Gasteiger partial charge on any atom is 0.261 e. The van der Waals surface area contributed by atoms with Gasteiger partial charge in [0.1, 0.15) is 0 Å². The Kier molecular flexibility index (Phi) is 4.85. The van der Waals surface area contributed by atoms with Crippen molar-refractivity contribution >= 4 is 28.5 Å². The Morgan fingerprint density at radius 3 is 2.52 bits per heavy atom. The first-order chi connectivity index (χ1) is 12.1. The van der Waals surface area contributed by atoms with E-state index in [-0.39, 0.29) is 11.5 Å². The molecule has 0 aliphatic heterocycles. The summed E-state index contributed by atoms with van der Waals surface area (Å²) in [5, 5.41) is 4.77. The van der Waals surface area contributed by atoms with Gasteiger partial charge in [-0.05, 0) is 43.5 Å². The molecule has 0 fully saturated rings. The van der Waals surface area contributed by atoms with Crippen LogP contribution >= 0.6 is 11.3 Å². The number of hydrogen-bond acceptors (Lipinski definition) is 6. The van der Waals surface area contributed by atoms with Crippen LogP contribution in [0, 0.1) is 13.8 Å². The van der Waals surface area contributed by atoms with Gasteiger partial charge in [0.05, 0.1) is 28.0 Å². The van der Waals surface area contributed by atoms with Crippen molar-refractivity contribution in [1.82, 2.24) is 15.0 Å². The molecule has 3 heterocycles. The average Bonchev–Trinajstić information content (AvgIpc) is 3.10. The van der Waals surface area contributed by atoms with Gasteiger partial charge in [0.25, 0.3) is 5.91 Å². The SMILES string of the molecule is Cc1cc(C)nc(C(=CN)C(=O)Nc2ccc(-c3cccs3)nc2)n1. The lowest BCUT2D eigenvalue weighted by Gasteiger charge is -2.09. The van der Waals surface area contributed by atoms with Crippen LogP contribution in [0.2, 0.25) is 0 Å². The van der Waals surface area contributed by atoms with Crippen molar-refractivity contribution in [2.24, 2.45) is 5.73 Å². The van der Waals surface area contributed by atoms with Gasteiger partial charge < -0.3 is 11.1 Å². The predicted octanol–water partition coefficient (Wildman–Crippen LogP) is 3.16. The number of aryl methyl sites for hydroxylation is 2. The summed E-state index contributed by atoms with van der Waals surface area (Å²) in [4.78, 5) is 26.5. The Hall–Kier alpha value is -3.06. The van der Waals surface area contributed by atoms with E-state index in [1.54, 1.807) is 23.6 Å². The lowest BCUT2D eigenvalue weighted by Crippen LogP contribution is -2.17. The number of nitrogens with two attached hydrogens (primary N) is 1. The molecular formula is C18H17N5OS. The van der Waals surface area contributed by atoms with Crippen molar-refractivity contribution < 1.29 is 4.79 Å². The fourth-order valence-electron chi connectivity index (χ4n) is 2.33. The number of rotatable bonds is 4. The van der Waals surface area contributed by atoms with Gasteiger partial charge in [-0.25, -0.2) is 9.97 Å². The van der Waals surface area contributed by atoms with Gasteiger partial charge in [-0.15, -0.1) is 11.3 Å². The van der Waals surface area contributed by atoms with Crippen molar-refractivity contribution in [2.45, 2.75) is 13.8 Å². The molecule has 0 aliphatic carbocycles. The first-order valence-corrected chi connectivity index (χ1v) is 8.50. The molecule has 0 saturated heterocycles. The van der Waals surface area contributed by atoms with Gasteiger partial charge in [0.2, 0.25) is 0 Å². The zero-order valence-electron chi connectivity index (χ0n) is 13.9. The summed E-state index contributed by atoms with van der Waals surface area (Å²) in [5.74, 6) is -0.0705. The lowest BCUT2D eigenvalue weighted by molar-refractivity contribution is -0.111. The van der Waals surface area contributed by atoms with E-state index in [2.05, 4.69) is 20.3 Å². The summed E-state index contributed by atoms with van der Waals surface area (Å²) in [5.41, 5.74) is 8.84. The molecular weight excluding hydrogens is 334 g/mol. The zero-order valence-corrected chi connectivity index (χ0v) is 14.7. The highest BCUT2D eigenvalue weighted by Gasteiger charge is 2.16. The number of anilines is 1.